The molecule has 1 fully saturated rings. The van der Waals surface area contributed by atoms with Crippen molar-refractivity contribution >= 4 is 16.6 Å². The van der Waals surface area contributed by atoms with Crippen LogP contribution in [-0.2, 0) is 0 Å². The van der Waals surface area contributed by atoms with Gasteiger partial charge in [0.15, 0.2) is 0 Å². The number of hydrogen-bond acceptors (Lipinski definition) is 2. The van der Waals surface area contributed by atoms with Crippen molar-refractivity contribution in [3.05, 3.63) is 36.3 Å². The molecule has 16 heavy (non-hydrogen) atoms. The first-order valence-electron chi connectivity index (χ1n) is 5.63. The number of rotatable bonds is 1. The molecule has 2 nitrogen and oxygen atoms in total. The minimum absolute atomic E-state index is 0.276. The molecule has 0 radical (unpaired) electrons. The molecule has 1 aromatic carbocycles. The van der Waals surface area contributed by atoms with Crippen LogP contribution >= 0.6 is 0 Å². The van der Waals surface area contributed by atoms with Crippen LogP contribution in [0.3, 0.4) is 0 Å². The van der Waals surface area contributed by atoms with Gasteiger partial charge in [-0.25, -0.2) is 4.39 Å². The van der Waals surface area contributed by atoms with Crippen LogP contribution in [0, 0.1) is 5.82 Å². The van der Waals surface area contributed by atoms with E-state index in [1.54, 1.807) is 0 Å². The van der Waals surface area contributed by atoms with Gasteiger partial charge in [0.1, 0.15) is 5.82 Å². The highest BCUT2D eigenvalue weighted by molar-refractivity contribution is 5.82. The predicted molar refractivity (Wildman–Crippen MR) is 63.1 cm³/mol. The molecule has 1 aliphatic heterocycles. The van der Waals surface area contributed by atoms with Gasteiger partial charge >= 0.3 is 0 Å². The highest BCUT2D eigenvalue weighted by Gasteiger charge is 2.12. The second-order valence-electron chi connectivity index (χ2n) is 4.22. The van der Waals surface area contributed by atoms with Crippen molar-refractivity contribution in [3.63, 3.8) is 0 Å². The van der Waals surface area contributed by atoms with Gasteiger partial charge in [0.25, 0.3) is 0 Å². The summed E-state index contributed by atoms with van der Waals surface area (Å²) < 4.78 is 13.0. The highest BCUT2D eigenvalue weighted by atomic mass is 19.1. The summed E-state index contributed by atoms with van der Waals surface area (Å²) in [5.74, 6) is -0.276. The third-order valence-electron chi connectivity index (χ3n) is 3.11. The van der Waals surface area contributed by atoms with Crippen molar-refractivity contribution in [3.8, 4) is 0 Å². The lowest BCUT2D eigenvalue weighted by Gasteiger charge is -2.17. The summed E-state index contributed by atoms with van der Waals surface area (Å²) in [5.41, 5.74) is 2.06. The van der Waals surface area contributed by atoms with Crippen molar-refractivity contribution in [1.29, 1.82) is 0 Å². The molecule has 2 aromatic rings. The number of aromatic nitrogens is 1. The second-order valence-corrected chi connectivity index (χ2v) is 4.22. The lowest BCUT2D eigenvalue weighted by Crippen LogP contribution is -2.17. The molecule has 0 atom stereocenters. The monoisotopic (exact) mass is 216 g/mol. The first kappa shape index (κ1) is 9.58. The highest BCUT2D eigenvalue weighted by Crippen LogP contribution is 2.24. The van der Waals surface area contributed by atoms with Crippen molar-refractivity contribution in [2.45, 2.75) is 12.8 Å². The van der Waals surface area contributed by atoms with Gasteiger partial charge in [-0.3, -0.25) is 4.98 Å². The number of fused-ring (bicyclic) bond motifs is 1. The van der Waals surface area contributed by atoms with Crippen molar-refractivity contribution in [2.75, 3.05) is 18.0 Å². The summed E-state index contributed by atoms with van der Waals surface area (Å²) in [6, 6.07) is 7.56. The van der Waals surface area contributed by atoms with Crippen molar-refractivity contribution in [2.24, 2.45) is 0 Å². The number of pyridine rings is 1. The molecule has 82 valence electrons. The fourth-order valence-corrected chi connectivity index (χ4v) is 2.25. The van der Waals surface area contributed by atoms with Crippen LogP contribution in [0.2, 0.25) is 0 Å². The molecule has 0 bridgehead atoms. The van der Waals surface area contributed by atoms with E-state index in [1.165, 1.54) is 30.8 Å². The topological polar surface area (TPSA) is 16.1 Å². The summed E-state index contributed by atoms with van der Waals surface area (Å²) >= 11 is 0. The predicted octanol–water partition coefficient (Wildman–Crippen LogP) is 2.97. The van der Waals surface area contributed by atoms with Crippen LogP contribution in [0.15, 0.2) is 30.5 Å². The summed E-state index contributed by atoms with van der Waals surface area (Å²) in [6.45, 7) is 2.24. The molecule has 3 rings (SSSR count). The molecule has 0 spiro atoms. The van der Waals surface area contributed by atoms with Gasteiger partial charge in [0.05, 0.1) is 11.7 Å². The average Bonchev–Trinajstić information content (AvgIpc) is 2.82. The van der Waals surface area contributed by atoms with Crippen LogP contribution in [-0.4, -0.2) is 18.1 Å². The fourth-order valence-electron chi connectivity index (χ4n) is 2.25. The maximum absolute atomic E-state index is 13.0. The van der Waals surface area contributed by atoms with Crippen molar-refractivity contribution in [1.82, 2.24) is 4.98 Å². The van der Waals surface area contributed by atoms with E-state index in [0.717, 1.165) is 24.0 Å². The van der Waals surface area contributed by atoms with Gasteiger partial charge in [-0.15, -0.1) is 0 Å². The molecule has 0 unspecified atom stereocenters. The van der Waals surface area contributed by atoms with Gasteiger partial charge in [-0.1, -0.05) is 6.07 Å². The summed E-state index contributed by atoms with van der Waals surface area (Å²) in [5, 5.41) is 0.864. The molecular formula is C13H13FN2. The SMILES string of the molecule is Fc1cnc2cc(N3CCCC3)ccc2c1. The molecule has 0 N–H and O–H groups in total. The van der Waals surface area contributed by atoms with Gasteiger partial charge in [0, 0.05) is 24.2 Å². The van der Waals surface area contributed by atoms with Gasteiger partial charge in [-0.2, -0.15) is 0 Å². The Morgan fingerprint density at radius 3 is 2.75 bits per heavy atom. The Labute approximate surface area is 93.7 Å². The summed E-state index contributed by atoms with van der Waals surface area (Å²) in [7, 11) is 0. The van der Waals surface area contributed by atoms with Gasteiger partial charge in [0.2, 0.25) is 0 Å². The van der Waals surface area contributed by atoms with Crippen LogP contribution < -0.4 is 4.90 Å². The lowest BCUT2D eigenvalue weighted by atomic mass is 10.2. The van der Waals surface area contributed by atoms with Crippen LogP contribution in [0.4, 0.5) is 10.1 Å². The maximum Gasteiger partial charge on any atom is 0.142 e. The minimum Gasteiger partial charge on any atom is -0.371 e. The number of nitrogens with zero attached hydrogens (tertiary/aromatic N) is 2. The zero-order valence-electron chi connectivity index (χ0n) is 8.99. The smallest absolute Gasteiger partial charge is 0.142 e. The lowest BCUT2D eigenvalue weighted by molar-refractivity contribution is 0.624. The largest absolute Gasteiger partial charge is 0.371 e. The van der Waals surface area contributed by atoms with E-state index in [2.05, 4.69) is 16.0 Å². The van der Waals surface area contributed by atoms with Crippen LogP contribution in [0.25, 0.3) is 10.9 Å². The number of anilines is 1. The first-order valence-corrected chi connectivity index (χ1v) is 5.63. The van der Waals surface area contributed by atoms with E-state index >= 15 is 0 Å². The molecule has 1 aromatic heterocycles. The first-order chi connectivity index (χ1) is 7.83. The van der Waals surface area contributed by atoms with Crippen molar-refractivity contribution < 1.29 is 4.39 Å². The Hall–Kier alpha value is -1.64. The zero-order chi connectivity index (χ0) is 11.0. The Kier molecular flexibility index (Phi) is 2.24. The summed E-state index contributed by atoms with van der Waals surface area (Å²) in [4.78, 5) is 6.46. The molecule has 1 aliphatic rings. The summed E-state index contributed by atoms with van der Waals surface area (Å²) in [6.07, 6.45) is 3.79. The maximum atomic E-state index is 13.0. The van der Waals surface area contributed by atoms with E-state index in [1.807, 2.05) is 12.1 Å². The quantitative estimate of drug-likeness (QED) is 0.728. The van der Waals surface area contributed by atoms with E-state index in [0.29, 0.717) is 0 Å². The van der Waals surface area contributed by atoms with E-state index in [9.17, 15) is 4.39 Å². The molecule has 0 amide bonds. The van der Waals surface area contributed by atoms with Gasteiger partial charge in [-0.05, 0) is 31.0 Å². The third-order valence-corrected chi connectivity index (χ3v) is 3.11. The molecule has 0 aliphatic carbocycles. The van der Waals surface area contributed by atoms with Crippen LogP contribution in [0.5, 0.6) is 0 Å². The van der Waals surface area contributed by atoms with E-state index in [-0.39, 0.29) is 5.82 Å². The molecule has 3 heteroatoms. The fraction of sp³-hybridized carbons (Fsp3) is 0.308. The van der Waals surface area contributed by atoms with Gasteiger partial charge < -0.3 is 4.90 Å². The Balaban J connectivity index is 2.05. The Morgan fingerprint density at radius 2 is 1.94 bits per heavy atom. The average molecular weight is 216 g/mol. The van der Waals surface area contributed by atoms with E-state index < -0.39 is 0 Å². The molecule has 1 saturated heterocycles. The van der Waals surface area contributed by atoms with E-state index in [4.69, 9.17) is 0 Å². The number of benzene rings is 1. The Morgan fingerprint density at radius 1 is 1.12 bits per heavy atom. The minimum atomic E-state index is -0.276. The second kappa shape index (κ2) is 3.74. The standard InChI is InChI=1S/C13H13FN2/c14-11-7-10-3-4-12(8-13(10)15-9-11)16-5-1-2-6-16/h3-4,7-9H,1-2,5-6H2. The molecule has 0 saturated carbocycles. The number of halogens is 1. The Bertz CT molecular complexity index is 518. The zero-order valence-corrected chi connectivity index (χ0v) is 8.99. The molecule has 2 heterocycles. The van der Waals surface area contributed by atoms with Crippen LogP contribution in [0.1, 0.15) is 12.8 Å². The normalized spacial score (nSPS) is 15.9. The number of hydrogen-bond donors (Lipinski definition) is 0. The molecular weight excluding hydrogens is 203 g/mol. The third kappa shape index (κ3) is 1.62.